The second-order valence-corrected chi connectivity index (χ2v) is 7.55. The summed E-state index contributed by atoms with van der Waals surface area (Å²) in [6, 6.07) is 4.69. The highest BCUT2D eigenvalue weighted by Gasteiger charge is 2.66. The average Bonchev–Trinajstić information content (AvgIpc) is 2.84. The molecule has 2 bridgehead atoms. The topological polar surface area (TPSA) is 30.9 Å². The lowest BCUT2D eigenvalue weighted by Gasteiger charge is -2.55. The zero-order valence-electron chi connectivity index (χ0n) is 14.7. The van der Waals surface area contributed by atoms with E-state index in [-0.39, 0.29) is 5.41 Å². The highest BCUT2D eigenvalue weighted by Crippen LogP contribution is 2.65. The molecule has 0 radical (unpaired) electrons. The van der Waals surface area contributed by atoms with E-state index in [9.17, 15) is 0 Å². The van der Waals surface area contributed by atoms with Gasteiger partial charge in [-0.1, -0.05) is 6.07 Å². The highest BCUT2D eigenvalue weighted by atomic mass is 16.5. The number of likely N-dealkylation sites (tertiary alicyclic amines) is 1. The van der Waals surface area contributed by atoms with Gasteiger partial charge in [-0.05, 0) is 56.6 Å². The molecule has 1 spiro atoms. The normalized spacial score (nSPS) is 35.6. The first-order valence-electron chi connectivity index (χ1n) is 8.62. The Morgan fingerprint density at radius 1 is 1.25 bits per heavy atom. The maximum atomic E-state index is 6.61. The van der Waals surface area contributed by atoms with Gasteiger partial charge in [-0.3, -0.25) is 4.90 Å². The van der Waals surface area contributed by atoms with Gasteiger partial charge >= 0.3 is 0 Å². The Balaban J connectivity index is 1.87. The van der Waals surface area contributed by atoms with Crippen molar-refractivity contribution >= 4 is 0 Å². The van der Waals surface area contributed by atoms with Crippen LogP contribution in [-0.4, -0.2) is 44.4 Å². The van der Waals surface area contributed by atoms with Crippen LogP contribution in [0.4, 0.5) is 0 Å². The molecular weight excluding hydrogens is 302 g/mol. The monoisotopic (exact) mass is 325 g/mol. The molecule has 4 aliphatic rings. The van der Waals surface area contributed by atoms with Crippen LogP contribution in [0.2, 0.25) is 0 Å². The third-order valence-electron chi connectivity index (χ3n) is 6.60. The van der Waals surface area contributed by atoms with Gasteiger partial charge in [0.1, 0.15) is 11.4 Å². The summed E-state index contributed by atoms with van der Waals surface area (Å²) in [5.74, 6) is 2.67. The van der Waals surface area contributed by atoms with E-state index in [4.69, 9.17) is 14.2 Å². The van der Waals surface area contributed by atoms with Crippen molar-refractivity contribution in [3.8, 4) is 11.5 Å². The zero-order chi connectivity index (χ0) is 16.7. The Morgan fingerprint density at radius 2 is 2.08 bits per heavy atom. The molecule has 1 saturated heterocycles. The minimum Gasteiger partial charge on any atom is -0.497 e. The molecule has 0 aromatic heterocycles. The van der Waals surface area contributed by atoms with E-state index in [0.29, 0.717) is 6.04 Å². The predicted molar refractivity (Wildman–Crippen MR) is 91.6 cm³/mol. The lowest BCUT2D eigenvalue weighted by atomic mass is 9.53. The van der Waals surface area contributed by atoms with Gasteiger partial charge < -0.3 is 14.2 Å². The van der Waals surface area contributed by atoms with Gasteiger partial charge in [0, 0.05) is 17.7 Å². The van der Waals surface area contributed by atoms with Crippen LogP contribution in [0.15, 0.2) is 35.6 Å². The molecule has 0 unspecified atom stereocenters. The number of benzene rings is 1. The van der Waals surface area contributed by atoms with Crippen LogP contribution >= 0.6 is 0 Å². The second-order valence-electron chi connectivity index (χ2n) is 7.55. The van der Waals surface area contributed by atoms with E-state index in [2.05, 4.69) is 43.2 Å². The van der Waals surface area contributed by atoms with Crippen molar-refractivity contribution in [2.24, 2.45) is 0 Å². The Morgan fingerprint density at radius 3 is 2.83 bits per heavy atom. The SMILES string of the molecule is COC1=C[C@]2(C)Oc3c(OC)ccc4c3[C@@]23CCN(C)[C@@H](C4)C3=C1. The van der Waals surface area contributed by atoms with E-state index in [1.165, 1.54) is 16.7 Å². The standard InChI is InChI=1S/C20H23NO3/c1-19-11-13(22-3)10-14-15-9-12-5-6-16(23-4)18(24-19)17(12)20(14,19)7-8-21(15)2/h5-6,10-11,15H,7-9H2,1-4H3/t15-,19-,20-/m0/s1. The molecule has 4 heteroatoms. The molecule has 2 aliphatic heterocycles. The Bertz CT molecular complexity index is 811. The van der Waals surface area contributed by atoms with Crippen LogP contribution in [0, 0.1) is 0 Å². The molecule has 5 rings (SSSR count). The van der Waals surface area contributed by atoms with E-state index >= 15 is 0 Å². The molecule has 0 N–H and O–H groups in total. The van der Waals surface area contributed by atoms with E-state index in [1.807, 2.05) is 0 Å². The fraction of sp³-hybridized carbons (Fsp3) is 0.500. The van der Waals surface area contributed by atoms with Gasteiger partial charge in [0.2, 0.25) is 0 Å². The third-order valence-corrected chi connectivity index (χ3v) is 6.60. The number of piperidine rings is 1. The number of hydrogen-bond acceptors (Lipinski definition) is 4. The number of allylic oxidation sites excluding steroid dienone is 1. The van der Waals surface area contributed by atoms with E-state index < -0.39 is 5.60 Å². The first-order valence-corrected chi connectivity index (χ1v) is 8.62. The fourth-order valence-corrected chi connectivity index (χ4v) is 5.45. The van der Waals surface area contributed by atoms with Gasteiger partial charge in [0.15, 0.2) is 11.5 Å². The smallest absolute Gasteiger partial charge is 0.167 e. The molecule has 1 aromatic rings. The zero-order valence-corrected chi connectivity index (χ0v) is 14.7. The maximum absolute atomic E-state index is 6.61. The highest BCUT2D eigenvalue weighted by molar-refractivity contribution is 5.69. The number of ether oxygens (including phenoxy) is 3. The lowest BCUT2D eigenvalue weighted by molar-refractivity contribution is 0.0446. The molecule has 1 fully saturated rings. The Labute approximate surface area is 142 Å². The van der Waals surface area contributed by atoms with Crippen molar-refractivity contribution in [1.82, 2.24) is 4.90 Å². The molecule has 126 valence electrons. The van der Waals surface area contributed by atoms with Crippen LogP contribution < -0.4 is 9.47 Å². The summed E-state index contributed by atoms with van der Waals surface area (Å²) in [7, 11) is 5.68. The van der Waals surface area contributed by atoms with Gasteiger partial charge in [-0.25, -0.2) is 0 Å². The number of methoxy groups -OCH3 is 2. The first kappa shape index (κ1) is 14.4. The van der Waals surface area contributed by atoms with Crippen LogP contribution in [0.1, 0.15) is 24.5 Å². The maximum Gasteiger partial charge on any atom is 0.167 e. The fourth-order valence-electron chi connectivity index (χ4n) is 5.45. The predicted octanol–water partition coefficient (Wildman–Crippen LogP) is 2.81. The van der Waals surface area contributed by atoms with Crippen LogP contribution in [0.5, 0.6) is 11.5 Å². The molecule has 3 atom stereocenters. The Kier molecular flexibility index (Phi) is 2.62. The average molecular weight is 325 g/mol. The quantitative estimate of drug-likeness (QED) is 0.837. The molecule has 0 saturated carbocycles. The van der Waals surface area contributed by atoms with E-state index in [0.717, 1.165) is 36.6 Å². The molecule has 0 amide bonds. The summed E-state index contributed by atoms with van der Waals surface area (Å²) in [4.78, 5) is 2.47. The number of likely N-dealkylation sites (N-methyl/N-ethyl adjacent to an activating group) is 1. The van der Waals surface area contributed by atoms with Gasteiger partial charge in [-0.15, -0.1) is 0 Å². The van der Waals surface area contributed by atoms with Crippen molar-refractivity contribution in [2.75, 3.05) is 27.8 Å². The molecule has 1 aromatic carbocycles. The van der Waals surface area contributed by atoms with Crippen LogP contribution in [-0.2, 0) is 16.6 Å². The summed E-state index contributed by atoms with van der Waals surface area (Å²) < 4.78 is 17.9. The molecule has 2 heterocycles. The molecule has 4 nitrogen and oxygen atoms in total. The summed E-state index contributed by atoms with van der Waals surface area (Å²) in [5, 5.41) is 0. The van der Waals surface area contributed by atoms with Gasteiger partial charge in [-0.2, -0.15) is 0 Å². The Hall–Kier alpha value is -1.94. The summed E-state index contributed by atoms with van der Waals surface area (Å²) >= 11 is 0. The summed E-state index contributed by atoms with van der Waals surface area (Å²) in [5.41, 5.74) is 3.68. The van der Waals surface area contributed by atoms with Crippen molar-refractivity contribution in [1.29, 1.82) is 0 Å². The summed E-state index contributed by atoms with van der Waals surface area (Å²) in [6.07, 6.45) is 6.49. The lowest BCUT2D eigenvalue weighted by Crippen LogP contribution is -2.62. The number of rotatable bonds is 2. The van der Waals surface area contributed by atoms with Crippen LogP contribution in [0.3, 0.4) is 0 Å². The first-order chi connectivity index (χ1) is 11.5. The van der Waals surface area contributed by atoms with Crippen LogP contribution in [0.25, 0.3) is 0 Å². The van der Waals surface area contributed by atoms with Gasteiger partial charge in [0.25, 0.3) is 0 Å². The van der Waals surface area contributed by atoms with Gasteiger partial charge in [0.05, 0.1) is 19.6 Å². The number of nitrogens with zero attached hydrogens (tertiary/aromatic N) is 1. The van der Waals surface area contributed by atoms with Crippen molar-refractivity contribution in [3.63, 3.8) is 0 Å². The molecular formula is C20H23NO3. The van der Waals surface area contributed by atoms with Crippen molar-refractivity contribution in [3.05, 3.63) is 46.7 Å². The summed E-state index contributed by atoms with van der Waals surface area (Å²) in [6.45, 7) is 3.28. The molecule has 2 aliphatic carbocycles. The minimum atomic E-state index is -0.423. The molecule has 24 heavy (non-hydrogen) atoms. The minimum absolute atomic E-state index is 0.0936. The third kappa shape index (κ3) is 1.40. The number of hydrogen-bond donors (Lipinski definition) is 0. The van der Waals surface area contributed by atoms with E-state index in [1.54, 1.807) is 14.2 Å². The van der Waals surface area contributed by atoms with Crippen molar-refractivity contribution in [2.45, 2.75) is 36.8 Å². The van der Waals surface area contributed by atoms with Crippen molar-refractivity contribution < 1.29 is 14.2 Å². The second kappa shape index (κ2) is 4.37. The largest absolute Gasteiger partial charge is 0.497 e.